The second-order valence-electron chi connectivity index (χ2n) is 3.56. The van der Waals surface area contributed by atoms with E-state index >= 15 is 0 Å². The van der Waals surface area contributed by atoms with Crippen LogP contribution in [0.4, 0.5) is 5.82 Å². The van der Waals surface area contributed by atoms with Crippen molar-refractivity contribution >= 4 is 39.3 Å². The maximum atomic E-state index is 11.7. The number of alkyl halides is 1. The summed E-state index contributed by atoms with van der Waals surface area (Å²) in [5.74, 6) is 0.676. The lowest BCUT2D eigenvalue weighted by molar-refractivity contribution is -0.123. The van der Waals surface area contributed by atoms with Gasteiger partial charge in [-0.05, 0) is 29.8 Å². The summed E-state index contributed by atoms with van der Waals surface area (Å²) >= 11 is 8.91. The van der Waals surface area contributed by atoms with Crippen molar-refractivity contribution in [3.8, 4) is 0 Å². The Balaban J connectivity index is 2.71. The third kappa shape index (κ3) is 2.48. The summed E-state index contributed by atoms with van der Waals surface area (Å²) in [4.78, 5) is 11.7. The molecule has 0 spiro atoms. The number of H-pyrrole nitrogens is 1. The Morgan fingerprint density at radius 1 is 1.79 bits per heavy atom. The first-order valence-corrected chi connectivity index (χ1v) is 5.36. The molecule has 0 atom stereocenters. The van der Waals surface area contributed by atoms with Crippen LogP contribution in [-0.2, 0) is 4.79 Å². The van der Waals surface area contributed by atoms with E-state index in [9.17, 15) is 4.79 Å². The molecule has 0 aliphatic carbocycles. The van der Waals surface area contributed by atoms with Gasteiger partial charge in [-0.15, -0.1) is 11.6 Å². The zero-order chi connectivity index (χ0) is 10.8. The topological polar surface area (TPSA) is 57.8 Å². The van der Waals surface area contributed by atoms with Crippen molar-refractivity contribution in [2.24, 2.45) is 5.41 Å². The molecule has 0 aliphatic heterocycles. The number of carbonyl (C=O) groups is 1. The molecular weight excluding hydrogens is 269 g/mol. The van der Waals surface area contributed by atoms with Gasteiger partial charge in [0.25, 0.3) is 0 Å². The Labute approximate surface area is 95.5 Å². The van der Waals surface area contributed by atoms with Crippen molar-refractivity contribution in [2.75, 3.05) is 11.2 Å². The minimum Gasteiger partial charge on any atom is -0.310 e. The Kier molecular flexibility index (Phi) is 3.55. The number of rotatable bonds is 3. The van der Waals surface area contributed by atoms with Crippen LogP contribution in [0.15, 0.2) is 10.7 Å². The number of aromatic amines is 1. The molecule has 0 bridgehead atoms. The highest BCUT2D eigenvalue weighted by atomic mass is 79.9. The van der Waals surface area contributed by atoms with Crippen molar-refractivity contribution in [2.45, 2.75) is 13.8 Å². The standard InChI is InChI=1S/C8H11BrClN3O/c1-8(2,4-10)7(14)12-6-5(9)3-11-13-6/h3H,4H2,1-2H3,(H2,11,12,13,14). The van der Waals surface area contributed by atoms with Gasteiger partial charge < -0.3 is 5.32 Å². The molecule has 78 valence electrons. The average molecular weight is 281 g/mol. The van der Waals surface area contributed by atoms with E-state index in [0.717, 1.165) is 4.47 Å². The third-order valence-corrected chi connectivity index (χ3v) is 3.05. The van der Waals surface area contributed by atoms with E-state index in [1.54, 1.807) is 20.0 Å². The summed E-state index contributed by atoms with van der Waals surface area (Å²) < 4.78 is 0.719. The van der Waals surface area contributed by atoms with Gasteiger partial charge >= 0.3 is 0 Å². The SMILES string of the molecule is CC(C)(CCl)C(=O)Nc1[nH]ncc1Br. The first kappa shape index (κ1) is 11.5. The number of amides is 1. The Hall–Kier alpha value is -0.550. The van der Waals surface area contributed by atoms with Crippen LogP contribution in [0.25, 0.3) is 0 Å². The molecule has 6 heteroatoms. The lowest BCUT2D eigenvalue weighted by Gasteiger charge is -2.19. The van der Waals surface area contributed by atoms with Crippen LogP contribution in [0, 0.1) is 5.41 Å². The zero-order valence-electron chi connectivity index (χ0n) is 7.90. The quantitative estimate of drug-likeness (QED) is 0.835. The summed E-state index contributed by atoms with van der Waals surface area (Å²) in [5.41, 5.74) is -0.591. The Bertz CT molecular complexity index is 337. The summed E-state index contributed by atoms with van der Waals surface area (Å²) in [6, 6.07) is 0. The van der Waals surface area contributed by atoms with E-state index in [1.165, 1.54) is 0 Å². The van der Waals surface area contributed by atoms with Crippen LogP contribution < -0.4 is 5.32 Å². The van der Waals surface area contributed by atoms with Crippen molar-refractivity contribution in [1.82, 2.24) is 10.2 Å². The van der Waals surface area contributed by atoms with Gasteiger partial charge in [-0.2, -0.15) is 5.10 Å². The number of carbonyl (C=O) groups excluding carboxylic acids is 1. The molecule has 0 saturated carbocycles. The summed E-state index contributed by atoms with van der Waals surface area (Å²) in [6.07, 6.45) is 1.57. The molecule has 4 nitrogen and oxygen atoms in total. The van der Waals surface area contributed by atoms with Crippen LogP contribution in [-0.4, -0.2) is 22.0 Å². The highest BCUT2D eigenvalue weighted by Crippen LogP contribution is 2.23. The predicted molar refractivity (Wildman–Crippen MR) is 59.4 cm³/mol. The fourth-order valence-corrected chi connectivity index (χ4v) is 1.11. The summed E-state index contributed by atoms with van der Waals surface area (Å²) in [7, 11) is 0. The maximum absolute atomic E-state index is 11.7. The van der Waals surface area contributed by atoms with Crippen LogP contribution >= 0.6 is 27.5 Å². The molecule has 0 aliphatic rings. The highest BCUT2D eigenvalue weighted by Gasteiger charge is 2.27. The first-order valence-electron chi connectivity index (χ1n) is 4.03. The number of hydrogen-bond donors (Lipinski definition) is 2. The molecule has 1 amide bonds. The van der Waals surface area contributed by atoms with Crippen LogP contribution in [0.5, 0.6) is 0 Å². The molecule has 1 aromatic rings. The smallest absolute Gasteiger partial charge is 0.232 e. The summed E-state index contributed by atoms with van der Waals surface area (Å²) in [6.45, 7) is 3.55. The molecule has 14 heavy (non-hydrogen) atoms. The fraction of sp³-hybridized carbons (Fsp3) is 0.500. The van der Waals surface area contributed by atoms with Crippen LogP contribution in [0.3, 0.4) is 0 Å². The van der Waals surface area contributed by atoms with Crippen molar-refractivity contribution in [3.63, 3.8) is 0 Å². The fourth-order valence-electron chi connectivity index (χ4n) is 0.703. The maximum Gasteiger partial charge on any atom is 0.232 e. The molecule has 0 aromatic carbocycles. The van der Waals surface area contributed by atoms with E-state index in [-0.39, 0.29) is 11.8 Å². The molecule has 0 saturated heterocycles. The average Bonchev–Trinajstić information content (AvgIpc) is 2.52. The van der Waals surface area contributed by atoms with Gasteiger partial charge in [0.05, 0.1) is 16.1 Å². The van der Waals surface area contributed by atoms with E-state index in [2.05, 4.69) is 31.4 Å². The number of anilines is 1. The second kappa shape index (κ2) is 4.31. The molecule has 0 fully saturated rings. The second-order valence-corrected chi connectivity index (χ2v) is 4.69. The summed E-state index contributed by atoms with van der Waals surface area (Å²) in [5, 5.41) is 9.12. The van der Waals surface area contributed by atoms with E-state index < -0.39 is 5.41 Å². The number of nitrogens with one attached hydrogen (secondary N) is 2. The molecule has 1 heterocycles. The van der Waals surface area contributed by atoms with Crippen LogP contribution in [0.1, 0.15) is 13.8 Å². The molecule has 0 radical (unpaired) electrons. The monoisotopic (exact) mass is 279 g/mol. The minimum absolute atomic E-state index is 0.141. The van der Waals surface area contributed by atoms with Crippen LogP contribution in [0.2, 0.25) is 0 Å². The van der Waals surface area contributed by atoms with Gasteiger partial charge in [0.2, 0.25) is 5.91 Å². The van der Waals surface area contributed by atoms with Gasteiger partial charge in [-0.25, -0.2) is 0 Å². The lowest BCUT2D eigenvalue weighted by Crippen LogP contribution is -2.32. The first-order chi connectivity index (χ1) is 6.47. The molecular formula is C8H11BrClN3O. The molecule has 0 unspecified atom stereocenters. The number of nitrogens with zero attached hydrogens (tertiary/aromatic N) is 1. The van der Waals surface area contributed by atoms with Gasteiger partial charge in [0, 0.05) is 5.88 Å². The van der Waals surface area contributed by atoms with Gasteiger partial charge in [0.1, 0.15) is 5.82 Å². The van der Waals surface area contributed by atoms with E-state index in [0.29, 0.717) is 5.82 Å². The molecule has 2 N–H and O–H groups in total. The normalized spacial score (nSPS) is 11.4. The van der Waals surface area contributed by atoms with Gasteiger partial charge in [0.15, 0.2) is 0 Å². The molecule has 1 aromatic heterocycles. The Morgan fingerprint density at radius 3 is 2.86 bits per heavy atom. The van der Waals surface area contributed by atoms with E-state index in [4.69, 9.17) is 11.6 Å². The van der Waals surface area contributed by atoms with Crippen molar-refractivity contribution in [1.29, 1.82) is 0 Å². The number of aromatic nitrogens is 2. The minimum atomic E-state index is -0.591. The molecule has 1 rings (SSSR count). The van der Waals surface area contributed by atoms with Gasteiger partial charge in [-0.3, -0.25) is 9.89 Å². The highest BCUT2D eigenvalue weighted by molar-refractivity contribution is 9.10. The number of halogens is 2. The van der Waals surface area contributed by atoms with Gasteiger partial charge in [-0.1, -0.05) is 0 Å². The van der Waals surface area contributed by atoms with Crippen molar-refractivity contribution in [3.05, 3.63) is 10.7 Å². The third-order valence-electron chi connectivity index (χ3n) is 1.78. The lowest BCUT2D eigenvalue weighted by atomic mass is 9.95. The Morgan fingerprint density at radius 2 is 2.43 bits per heavy atom. The van der Waals surface area contributed by atoms with E-state index in [1.807, 2.05) is 0 Å². The zero-order valence-corrected chi connectivity index (χ0v) is 10.2. The number of hydrogen-bond acceptors (Lipinski definition) is 2. The predicted octanol–water partition coefficient (Wildman–Crippen LogP) is 2.38. The van der Waals surface area contributed by atoms with Crippen molar-refractivity contribution < 1.29 is 4.79 Å². The largest absolute Gasteiger partial charge is 0.310 e.